The predicted molar refractivity (Wildman–Crippen MR) is 42.8 cm³/mol. The highest BCUT2D eigenvalue weighted by atomic mass is 32.1. The van der Waals surface area contributed by atoms with Gasteiger partial charge < -0.3 is 0 Å². The van der Waals surface area contributed by atoms with Gasteiger partial charge in [0.15, 0.2) is 0 Å². The zero-order valence-electron chi connectivity index (χ0n) is 5.71. The molecule has 2 aliphatic carbocycles. The van der Waals surface area contributed by atoms with E-state index in [1.807, 2.05) is 0 Å². The van der Waals surface area contributed by atoms with Crippen LogP contribution < -0.4 is 0 Å². The molecule has 1 heteroatoms. The summed E-state index contributed by atoms with van der Waals surface area (Å²) in [6.07, 6.45) is 7.34. The molecule has 2 fully saturated rings. The number of hydrogen-bond acceptors (Lipinski definition) is 1. The third-order valence-electron chi connectivity index (χ3n) is 3.01. The lowest BCUT2D eigenvalue weighted by Crippen LogP contribution is -2.39. The SMILES string of the molecule is SC1C[C@@H]2CCCC[C@H]12. The minimum Gasteiger partial charge on any atom is -0.176 e. The number of fused-ring (bicyclic) bond motifs is 1. The van der Waals surface area contributed by atoms with Crippen LogP contribution in [0.3, 0.4) is 0 Å². The molecule has 52 valence electrons. The van der Waals surface area contributed by atoms with E-state index in [9.17, 15) is 0 Å². The van der Waals surface area contributed by atoms with Gasteiger partial charge in [-0.25, -0.2) is 0 Å². The van der Waals surface area contributed by atoms with Crippen LogP contribution in [0.2, 0.25) is 0 Å². The van der Waals surface area contributed by atoms with E-state index in [0.717, 1.165) is 17.1 Å². The van der Waals surface area contributed by atoms with Crippen LogP contribution in [0.1, 0.15) is 32.1 Å². The largest absolute Gasteiger partial charge is 0.176 e. The monoisotopic (exact) mass is 142 g/mol. The van der Waals surface area contributed by atoms with E-state index in [4.69, 9.17) is 0 Å². The summed E-state index contributed by atoms with van der Waals surface area (Å²) in [5.41, 5.74) is 0. The number of hydrogen-bond donors (Lipinski definition) is 1. The van der Waals surface area contributed by atoms with E-state index in [1.165, 1.54) is 32.1 Å². The maximum Gasteiger partial charge on any atom is 0.00504 e. The van der Waals surface area contributed by atoms with Crippen molar-refractivity contribution in [1.29, 1.82) is 0 Å². The summed E-state index contributed by atoms with van der Waals surface area (Å²) in [4.78, 5) is 0. The first-order valence-electron chi connectivity index (χ1n) is 4.06. The molecule has 0 saturated heterocycles. The lowest BCUT2D eigenvalue weighted by Gasteiger charge is -2.45. The summed E-state index contributed by atoms with van der Waals surface area (Å²) < 4.78 is 0. The molecule has 2 saturated carbocycles. The van der Waals surface area contributed by atoms with Crippen molar-refractivity contribution in [1.82, 2.24) is 0 Å². The van der Waals surface area contributed by atoms with Gasteiger partial charge in [0.1, 0.15) is 0 Å². The third-order valence-corrected chi connectivity index (χ3v) is 3.60. The Kier molecular flexibility index (Phi) is 1.48. The molecule has 0 heterocycles. The maximum atomic E-state index is 4.51. The van der Waals surface area contributed by atoms with Crippen LogP contribution in [0.15, 0.2) is 0 Å². The minimum atomic E-state index is 0.773. The molecule has 0 aromatic heterocycles. The molecule has 0 amide bonds. The van der Waals surface area contributed by atoms with Gasteiger partial charge >= 0.3 is 0 Å². The molecule has 2 aliphatic rings. The Labute approximate surface area is 62.4 Å². The second-order valence-corrected chi connectivity index (χ2v) is 4.17. The topological polar surface area (TPSA) is 0 Å². The minimum absolute atomic E-state index is 0.773. The van der Waals surface area contributed by atoms with Crippen molar-refractivity contribution < 1.29 is 0 Å². The average Bonchev–Trinajstić information content (AvgIpc) is 1.86. The van der Waals surface area contributed by atoms with E-state index in [1.54, 1.807) is 0 Å². The number of rotatable bonds is 0. The fourth-order valence-electron chi connectivity index (χ4n) is 2.32. The van der Waals surface area contributed by atoms with Gasteiger partial charge in [-0.3, -0.25) is 0 Å². The molecule has 0 spiro atoms. The second-order valence-electron chi connectivity index (χ2n) is 3.51. The highest BCUT2D eigenvalue weighted by Gasteiger charge is 2.39. The molecule has 0 aromatic rings. The molecule has 3 atom stereocenters. The second kappa shape index (κ2) is 2.19. The van der Waals surface area contributed by atoms with Crippen molar-refractivity contribution >= 4 is 12.6 Å². The summed E-state index contributed by atoms with van der Waals surface area (Å²) in [7, 11) is 0. The fourth-order valence-corrected chi connectivity index (χ4v) is 2.99. The Morgan fingerprint density at radius 2 is 1.89 bits per heavy atom. The van der Waals surface area contributed by atoms with E-state index >= 15 is 0 Å². The van der Waals surface area contributed by atoms with Crippen molar-refractivity contribution in [3.8, 4) is 0 Å². The van der Waals surface area contributed by atoms with Gasteiger partial charge in [-0.05, 0) is 24.7 Å². The molecule has 0 N–H and O–H groups in total. The molecule has 0 radical (unpaired) electrons. The van der Waals surface area contributed by atoms with Crippen molar-refractivity contribution in [2.75, 3.05) is 0 Å². The van der Waals surface area contributed by atoms with E-state index in [2.05, 4.69) is 12.6 Å². The van der Waals surface area contributed by atoms with Gasteiger partial charge in [-0.2, -0.15) is 12.6 Å². The average molecular weight is 142 g/mol. The van der Waals surface area contributed by atoms with Gasteiger partial charge in [-0.15, -0.1) is 0 Å². The first-order valence-corrected chi connectivity index (χ1v) is 4.57. The van der Waals surface area contributed by atoms with E-state index in [0.29, 0.717) is 0 Å². The molecule has 0 aliphatic heterocycles. The normalized spacial score (nSPS) is 49.7. The van der Waals surface area contributed by atoms with Gasteiger partial charge in [0, 0.05) is 5.25 Å². The Hall–Kier alpha value is 0.350. The van der Waals surface area contributed by atoms with Crippen LogP contribution in [0.4, 0.5) is 0 Å². The molecule has 9 heavy (non-hydrogen) atoms. The van der Waals surface area contributed by atoms with Crippen molar-refractivity contribution in [2.24, 2.45) is 11.8 Å². The first kappa shape index (κ1) is 6.09. The van der Waals surface area contributed by atoms with E-state index in [-0.39, 0.29) is 0 Å². The summed E-state index contributed by atoms with van der Waals surface area (Å²) in [6.45, 7) is 0. The highest BCUT2D eigenvalue weighted by Crippen LogP contribution is 2.47. The van der Waals surface area contributed by atoms with E-state index < -0.39 is 0 Å². The first-order chi connectivity index (χ1) is 4.38. The summed E-state index contributed by atoms with van der Waals surface area (Å²) in [5.74, 6) is 2.10. The van der Waals surface area contributed by atoms with Crippen molar-refractivity contribution in [3.63, 3.8) is 0 Å². The Bertz CT molecular complexity index is 109. The zero-order chi connectivity index (χ0) is 6.27. The molecule has 0 aromatic carbocycles. The van der Waals surface area contributed by atoms with Gasteiger partial charge in [0.2, 0.25) is 0 Å². The standard InChI is InChI=1S/C8H14S/c9-8-5-6-3-1-2-4-7(6)8/h6-9H,1-5H2/t6-,7-,8?/m0/s1. The van der Waals surface area contributed by atoms with Crippen LogP contribution in [0.5, 0.6) is 0 Å². The summed E-state index contributed by atoms with van der Waals surface area (Å²) >= 11 is 4.51. The van der Waals surface area contributed by atoms with Crippen LogP contribution >= 0.6 is 12.6 Å². The molecule has 1 unspecified atom stereocenters. The highest BCUT2D eigenvalue weighted by molar-refractivity contribution is 7.81. The van der Waals surface area contributed by atoms with Crippen LogP contribution in [-0.4, -0.2) is 5.25 Å². The lowest BCUT2D eigenvalue weighted by atomic mass is 9.65. The van der Waals surface area contributed by atoms with Gasteiger partial charge in [0.05, 0.1) is 0 Å². The van der Waals surface area contributed by atoms with Crippen LogP contribution in [0, 0.1) is 11.8 Å². The van der Waals surface area contributed by atoms with Crippen molar-refractivity contribution in [2.45, 2.75) is 37.4 Å². The third kappa shape index (κ3) is 0.899. The van der Waals surface area contributed by atoms with Gasteiger partial charge in [0.25, 0.3) is 0 Å². The molecular weight excluding hydrogens is 128 g/mol. The zero-order valence-corrected chi connectivity index (χ0v) is 6.61. The quantitative estimate of drug-likeness (QED) is 0.494. The van der Waals surface area contributed by atoms with Gasteiger partial charge in [-0.1, -0.05) is 19.3 Å². The molecule has 0 bridgehead atoms. The maximum absolute atomic E-state index is 4.51. The fraction of sp³-hybridized carbons (Fsp3) is 1.00. The molecular formula is C8H14S. The summed E-state index contributed by atoms with van der Waals surface area (Å²) in [6, 6.07) is 0. The summed E-state index contributed by atoms with van der Waals surface area (Å²) in [5, 5.41) is 0.773. The molecule has 2 rings (SSSR count). The van der Waals surface area contributed by atoms with Crippen LogP contribution in [0.25, 0.3) is 0 Å². The number of thiol groups is 1. The Balaban J connectivity index is 1.94. The smallest absolute Gasteiger partial charge is 0.00504 e. The molecule has 0 nitrogen and oxygen atoms in total. The van der Waals surface area contributed by atoms with Crippen LogP contribution in [-0.2, 0) is 0 Å². The van der Waals surface area contributed by atoms with Crippen molar-refractivity contribution in [3.05, 3.63) is 0 Å². The predicted octanol–water partition coefficient (Wildman–Crippen LogP) is 2.49. The Morgan fingerprint density at radius 1 is 1.11 bits per heavy atom. The lowest BCUT2D eigenvalue weighted by molar-refractivity contribution is 0.127. The Morgan fingerprint density at radius 3 is 2.44 bits per heavy atom.